The third-order valence-corrected chi connectivity index (χ3v) is 5.35. The number of aliphatic hydroxyl groups excluding tert-OH is 1. The van der Waals surface area contributed by atoms with Gasteiger partial charge in [0.15, 0.2) is 5.82 Å². The topological polar surface area (TPSA) is 177 Å². The van der Waals surface area contributed by atoms with Crippen molar-refractivity contribution in [2.45, 2.75) is 12.6 Å². The van der Waals surface area contributed by atoms with Crippen LogP contribution in [0.25, 0.3) is 5.95 Å². The number of anilines is 1. The van der Waals surface area contributed by atoms with Gasteiger partial charge in [-0.1, -0.05) is 0 Å². The summed E-state index contributed by atoms with van der Waals surface area (Å²) in [4.78, 5) is 23.5. The minimum Gasteiger partial charge on any atom is -0.497 e. The molecule has 0 spiro atoms. The van der Waals surface area contributed by atoms with E-state index in [-0.39, 0.29) is 48.6 Å². The van der Waals surface area contributed by atoms with Gasteiger partial charge in [-0.2, -0.15) is 0 Å². The maximum atomic E-state index is 15.8. The first-order valence-corrected chi connectivity index (χ1v) is 11.1. The molecule has 0 bridgehead atoms. The summed E-state index contributed by atoms with van der Waals surface area (Å²) in [7, 11) is 1.45. The molecule has 12 nitrogen and oxygen atoms in total. The van der Waals surface area contributed by atoms with Crippen LogP contribution in [0.3, 0.4) is 0 Å². The van der Waals surface area contributed by atoms with Crippen molar-refractivity contribution >= 4 is 11.5 Å². The van der Waals surface area contributed by atoms with E-state index in [1.165, 1.54) is 31.6 Å². The van der Waals surface area contributed by atoms with Gasteiger partial charge in [-0.15, -0.1) is 9.78 Å². The Morgan fingerprint density at radius 2 is 2.00 bits per heavy atom. The second-order valence-electron chi connectivity index (χ2n) is 7.81. The lowest BCUT2D eigenvalue weighted by molar-refractivity contribution is 0.0797. The Morgan fingerprint density at radius 3 is 2.65 bits per heavy atom. The minimum absolute atomic E-state index is 0.0327. The minimum atomic E-state index is -0.993. The Balaban J connectivity index is 1.82. The Hall–Kier alpha value is -4.62. The monoisotopic (exact) mass is 508 g/mol. The van der Waals surface area contributed by atoms with Crippen molar-refractivity contribution in [3.8, 4) is 11.7 Å². The van der Waals surface area contributed by atoms with Crippen molar-refractivity contribution in [3.63, 3.8) is 0 Å². The van der Waals surface area contributed by atoms with Gasteiger partial charge in [0.05, 0.1) is 26.9 Å². The van der Waals surface area contributed by atoms with Crippen LogP contribution in [0.15, 0.2) is 59.7 Å². The second kappa shape index (κ2) is 11.4. The zero-order valence-corrected chi connectivity index (χ0v) is 19.8. The predicted molar refractivity (Wildman–Crippen MR) is 132 cm³/mol. The Labute approximate surface area is 210 Å². The number of rotatable bonds is 11. The number of H-pyrrole nitrogens is 1. The molecule has 0 saturated carbocycles. The molecule has 0 unspecified atom stereocenters. The lowest BCUT2D eigenvalue weighted by Gasteiger charge is -2.21. The van der Waals surface area contributed by atoms with Crippen LogP contribution >= 0.6 is 0 Å². The fourth-order valence-electron chi connectivity index (χ4n) is 3.57. The fraction of sp³-hybridized carbons (Fsp3) is 0.208. The number of aliphatic hydroxyl groups is 1. The van der Waals surface area contributed by atoms with Gasteiger partial charge in [0.2, 0.25) is 0 Å². The summed E-state index contributed by atoms with van der Waals surface area (Å²) in [5, 5.41) is 24.1. The highest BCUT2D eigenvalue weighted by molar-refractivity contribution is 5.95. The molecular formula is C24H25FN8O4. The highest BCUT2D eigenvalue weighted by Crippen LogP contribution is 2.32. The highest BCUT2D eigenvalue weighted by atomic mass is 19.1. The Morgan fingerprint density at radius 1 is 1.27 bits per heavy atom. The van der Waals surface area contributed by atoms with Crippen LogP contribution in [-0.4, -0.2) is 56.0 Å². The number of benzene rings is 2. The molecule has 0 saturated heterocycles. The van der Waals surface area contributed by atoms with Gasteiger partial charge in [0, 0.05) is 34.8 Å². The van der Waals surface area contributed by atoms with Gasteiger partial charge >= 0.3 is 5.69 Å². The first-order chi connectivity index (χ1) is 17.9. The van der Waals surface area contributed by atoms with Gasteiger partial charge in [0.1, 0.15) is 23.4 Å². The number of aromatic nitrogens is 5. The van der Waals surface area contributed by atoms with Crippen molar-refractivity contribution < 1.29 is 19.0 Å². The number of hydrogen-bond acceptors (Lipinski definition) is 9. The van der Waals surface area contributed by atoms with E-state index in [0.717, 1.165) is 4.68 Å². The van der Waals surface area contributed by atoms with Crippen LogP contribution in [0, 0.1) is 11.2 Å². The van der Waals surface area contributed by atoms with Crippen LogP contribution in [0.5, 0.6) is 5.75 Å². The van der Waals surface area contributed by atoms with Crippen molar-refractivity contribution in [1.82, 2.24) is 24.7 Å². The van der Waals surface area contributed by atoms with Crippen LogP contribution < -0.4 is 21.5 Å². The summed E-state index contributed by atoms with van der Waals surface area (Å²) in [6.45, 7) is -0.288. The highest BCUT2D eigenvalue weighted by Gasteiger charge is 2.26. The number of hydrogen-bond donors (Lipinski definition) is 5. The number of nitrogens with one attached hydrogen (secondary N) is 3. The molecule has 37 heavy (non-hydrogen) atoms. The fourth-order valence-corrected chi connectivity index (χ4v) is 3.57. The lowest BCUT2D eigenvalue weighted by atomic mass is 10.0. The summed E-state index contributed by atoms with van der Waals surface area (Å²) < 4.78 is 27.5. The zero-order chi connectivity index (χ0) is 26.4. The third-order valence-electron chi connectivity index (χ3n) is 5.35. The number of amidine groups is 1. The number of nitrogen functional groups attached to an aromatic ring is 1. The number of aromatic amines is 1. The molecule has 1 atom stereocenters. The number of nitrogens with two attached hydrogens (primary N) is 1. The molecule has 0 fully saturated rings. The number of methoxy groups -OCH3 is 1. The normalized spacial score (nSPS) is 11.8. The maximum absolute atomic E-state index is 15.8. The van der Waals surface area contributed by atoms with E-state index < -0.39 is 17.5 Å². The standard InChI is InChI=1S/C24H25FN8O4/c1-36-17-11-15(13-37-10-9-34)19(25)18(12-17)20(30-16-5-3-14(4-6-16)21(26)27)22-31-24(35)33(32-22)23-28-7-2-8-29-23/h2-8,11-12,20,30,34H,9-10,13H2,1H3,(H3,26,27)(H,31,32,35)/t20-/m0/s1. The summed E-state index contributed by atoms with van der Waals surface area (Å²) in [5.41, 5.74) is 6.29. The summed E-state index contributed by atoms with van der Waals surface area (Å²) in [6.07, 6.45) is 2.94. The van der Waals surface area contributed by atoms with Gasteiger partial charge < -0.3 is 25.6 Å². The molecule has 2 heterocycles. The third kappa shape index (κ3) is 5.79. The van der Waals surface area contributed by atoms with Crippen LogP contribution in [-0.2, 0) is 11.3 Å². The Kier molecular flexibility index (Phi) is 7.86. The quantitative estimate of drug-likeness (QED) is 0.114. The number of ether oxygens (including phenoxy) is 2. The summed E-state index contributed by atoms with van der Waals surface area (Å²) in [5.74, 6) is -0.222. The van der Waals surface area contributed by atoms with Crippen molar-refractivity contribution in [3.05, 3.63) is 93.7 Å². The number of halogens is 1. The molecule has 4 aromatic rings. The van der Waals surface area contributed by atoms with Crippen molar-refractivity contribution in [1.29, 1.82) is 5.41 Å². The first kappa shape index (κ1) is 25.5. The lowest BCUT2D eigenvalue weighted by Crippen LogP contribution is -2.18. The van der Waals surface area contributed by atoms with E-state index in [4.69, 9.17) is 25.7 Å². The molecule has 0 radical (unpaired) electrons. The van der Waals surface area contributed by atoms with E-state index in [2.05, 4.69) is 25.4 Å². The van der Waals surface area contributed by atoms with Gasteiger partial charge in [-0.25, -0.2) is 19.2 Å². The molecule has 4 rings (SSSR count). The smallest absolute Gasteiger partial charge is 0.350 e. The average Bonchev–Trinajstić information content (AvgIpc) is 3.30. The molecule has 13 heteroatoms. The molecule has 192 valence electrons. The zero-order valence-electron chi connectivity index (χ0n) is 19.8. The van der Waals surface area contributed by atoms with E-state index in [0.29, 0.717) is 17.0 Å². The molecule has 0 aliphatic rings. The molecule has 2 aromatic heterocycles. The molecule has 0 aliphatic heterocycles. The maximum Gasteiger partial charge on any atom is 0.350 e. The summed E-state index contributed by atoms with van der Waals surface area (Å²) >= 11 is 0. The van der Waals surface area contributed by atoms with Crippen LogP contribution in [0.2, 0.25) is 0 Å². The summed E-state index contributed by atoms with van der Waals surface area (Å²) in [6, 6.07) is 10.2. The van der Waals surface area contributed by atoms with Crippen molar-refractivity contribution in [2.75, 3.05) is 25.6 Å². The van der Waals surface area contributed by atoms with Gasteiger partial charge in [-0.05, 0) is 42.5 Å². The van der Waals surface area contributed by atoms with E-state index in [1.54, 1.807) is 30.3 Å². The predicted octanol–water partition coefficient (Wildman–Crippen LogP) is 1.49. The molecule has 6 N–H and O–H groups in total. The Bertz CT molecular complexity index is 1420. The van der Waals surface area contributed by atoms with Crippen molar-refractivity contribution in [2.24, 2.45) is 5.73 Å². The molecular weight excluding hydrogens is 483 g/mol. The van der Waals surface area contributed by atoms with E-state index in [1.807, 2.05) is 0 Å². The molecule has 2 aromatic carbocycles. The van der Waals surface area contributed by atoms with Crippen LogP contribution in [0.1, 0.15) is 28.6 Å². The molecule has 0 amide bonds. The van der Waals surface area contributed by atoms with E-state index in [9.17, 15) is 4.79 Å². The SMILES string of the molecule is COc1cc(COCCO)c(F)c([C@H](Nc2ccc(C(=N)N)cc2)c2nn(-c3ncccn3)c(=O)[nH]2)c1. The van der Waals surface area contributed by atoms with Gasteiger partial charge in [0.25, 0.3) is 5.95 Å². The average molecular weight is 509 g/mol. The number of nitrogens with zero attached hydrogens (tertiary/aromatic N) is 4. The largest absolute Gasteiger partial charge is 0.497 e. The van der Waals surface area contributed by atoms with Crippen LogP contribution in [0.4, 0.5) is 10.1 Å². The second-order valence-corrected chi connectivity index (χ2v) is 7.81. The molecule has 0 aliphatic carbocycles. The van der Waals surface area contributed by atoms with E-state index >= 15 is 4.39 Å². The van der Waals surface area contributed by atoms with Gasteiger partial charge in [-0.3, -0.25) is 10.4 Å². The first-order valence-electron chi connectivity index (χ1n) is 11.1.